The maximum atomic E-state index is 10.0. The second kappa shape index (κ2) is 5.61. The predicted octanol–water partition coefficient (Wildman–Crippen LogP) is 5.68. The number of halogens is 1. The van der Waals surface area contributed by atoms with Gasteiger partial charge >= 0.3 is 0 Å². The molecule has 0 saturated heterocycles. The highest BCUT2D eigenvalue weighted by Gasteiger charge is 2.26. The molecule has 2 aliphatic rings. The SMILES string of the molecule is Cc1[nH]c(-c2ccc(-c3c(O)cc4cc3-4)o2)nc1Cc1ccc(Br)cc1. The fourth-order valence-electron chi connectivity index (χ4n) is 3.25. The third-order valence-corrected chi connectivity index (χ3v) is 5.23. The monoisotopic (exact) mass is 406 g/mol. The number of imidazole rings is 1. The average Bonchev–Trinajstić information content (AvgIpc) is 2.97. The number of hydrogen-bond acceptors (Lipinski definition) is 3. The van der Waals surface area contributed by atoms with Crippen molar-refractivity contribution in [2.75, 3.05) is 0 Å². The summed E-state index contributed by atoms with van der Waals surface area (Å²) in [5, 5.41) is 10.0. The van der Waals surface area contributed by atoms with Crippen molar-refractivity contribution in [2.24, 2.45) is 0 Å². The van der Waals surface area contributed by atoms with Crippen molar-refractivity contribution >= 4 is 15.9 Å². The molecule has 0 saturated carbocycles. The largest absolute Gasteiger partial charge is 0.507 e. The van der Waals surface area contributed by atoms with Gasteiger partial charge in [0.1, 0.15) is 11.5 Å². The van der Waals surface area contributed by atoms with Crippen LogP contribution in [-0.4, -0.2) is 15.1 Å². The summed E-state index contributed by atoms with van der Waals surface area (Å²) in [5.41, 5.74) is 6.14. The summed E-state index contributed by atoms with van der Waals surface area (Å²) in [6.45, 7) is 2.02. The Balaban J connectivity index is 1.44. The predicted molar refractivity (Wildman–Crippen MR) is 104 cm³/mol. The Morgan fingerprint density at radius 1 is 1.08 bits per heavy atom. The minimum Gasteiger partial charge on any atom is -0.507 e. The Hall–Kier alpha value is -2.79. The van der Waals surface area contributed by atoms with Crippen LogP contribution in [0.15, 0.2) is 57.4 Å². The molecule has 0 atom stereocenters. The molecule has 26 heavy (non-hydrogen) atoms. The Kier molecular flexibility index (Phi) is 3.34. The number of aromatic nitrogens is 2. The number of phenols is 1. The molecule has 0 aliphatic heterocycles. The van der Waals surface area contributed by atoms with Gasteiger partial charge in [-0.25, -0.2) is 4.98 Å². The van der Waals surface area contributed by atoms with Gasteiger partial charge in [0, 0.05) is 16.6 Å². The van der Waals surface area contributed by atoms with Crippen LogP contribution in [0.2, 0.25) is 0 Å². The molecule has 2 heterocycles. The topological polar surface area (TPSA) is 62.0 Å². The summed E-state index contributed by atoms with van der Waals surface area (Å²) in [4.78, 5) is 8.03. The molecule has 5 heteroatoms. The van der Waals surface area contributed by atoms with E-state index >= 15 is 0 Å². The lowest BCUT2D eigenvalue weighted by Gasteiger charge is -1.99. The van der Waals surface area contributed by atoms with E-state index in [1.54, 1.807) is 6.07 Å². The van der Waals surface area contributed by atoms with E-state index in [0.29, 0.717) is 17.3 Å². The smallest absolute Gasteiger partial charge is 0.174 e. The Labute approximate surface area is 158 Å². The van der Waals surface area contributed by atoms with E-state index in [9.17, 15) is 5.11 Å². The Bertz CT molecular complexity index is 1140. The van der Waals surface area contributed by atoms with Crippen molar-refractivity contribution in [2.45, 2.75) is 13.3 Å². The molecule has 4 nitrogen and oxygen atoms in total. The molecule has 2 aliphatic carbocycles. The van der Waals surface area contributed by atoms with E-state index in [1.807, 2.05) is 37.3 Å². The van der Waals surface area contributed by atoms with Crippen LogP contribution >= 0.6 is 15.9 Å². The number of nitrogens with zero attached hydrogens (tertiary/aromatic N) is 1. The molecule has 2 aromatic heterocycles. The average molecular weight is 407 g/mol. The van der Waals surface area contributed by atoms with Crippen molar-refractivity contribution < 1.29 is 9.52 Å². The number of nitrogens with one attached hydrogen (secondary N) is 1. The summed E-state index contributed by atoms with van der Waals surface area (Å²) in [6.07, 6.45) is 0.759. The van der Waals surface area contributed by atoms with Gasteiger partial charge in [-0.2, -0.15) is 0 Å². The van der Waals surface area contributed by atoms with Crippen LogP contribution in [0.25, 0.3) is 34.0 Å². The molecular formula is C21H15BrN2O2. The van der Waals surface area contributed by atoms with Crippen LogP contribution in [0.3, 0.4) is 0 Å². The third-order valence-electron chi connectivity index (χ3n) is 4.70. The minimum atomic E-state index is 0.268. The van der Waals surface area contributed by atoms with Gasteiger partial charge in [0.25, 0.3) is 0 Å². The highest BCUT2D eigenvalue weighted by Crippen LogP contribution is 2.51. The normalized spacial score (nSPS) is 11.8. The number of furan rings is 1. The first kappa shape index (κ1) is 15.5. The van der Waals surface area contributed by atoms with Crippen LogP contribution in [-0.2, 0) is 6.42 Å². The molecule has 1 aromatic carbocycles. The van der Waals surface area contributed by atoms with Crippen LogP contribution in [0.5, 0.6) is 5.75 Å². The van der Waals surface area contributed by atoms with Crippen molar-refractivity contribution in [1.29, 1.82) is 0 Å². The Morgan fingerprint density at radius 3 is 2.58 bits per heavy atom. The lowest BCUT2D eigenvalue weighted by Crippen LogP contribution is -1.90. The molecule has 0 unspecified atom stereocenters. The molecule has 0 amide bonds. The van der Waals surface area contributed by atoms with Gasteiger partial charge in [0.05, 0.1) is 11.3 Å². The third kappa shape index (κ3) is 2.56. The molecule has 0 bridgehead atoms. The lowest BCUT2D eigenvalue weighted by atomic mass is 10.1. The number of fused-ring (bicyclic) bond motifs is 1. The van der Waals surface area contributed by atoms with Crippen LogP contribution < -0.4 is 0 Å². The fraction of sp³-hybridized carbons (Fsp3) is 0.0952. The van der Waals surface area contributed by atoms with Crippen LogP contribution in [0.4, 0.5) is 0 Å². The maximum Gasteiger partial charge on any atom is 0.174 e. The maximum absolute atomic E-state index is 10.0. The number of aromatic amines is 1. The minimum absolute atomic E-state index is 0.268. The highest BCUT2D eigenvalue weighted by molar-refractivity contribution is 9.10. The summed E-state index contributed by atoms with van der Waals surface area (Å²) >= 11 is 3.46. The van der Waals surface area contributed by atoms with Crippen molar-refractivity contribution in [3.63, 3.8) is 0 Å². The van der Waals surface area contributed by atoms with Crippen LogP contribution in [0, 0.1) is 6.92 Å². The number of H-pyrrole nitrogens is 1. The van der Waals surface area contributed by atoms with E-state index in [1.165, 1.54) is 5.56 Å². The van der Waals surface area contributed by atoms with Gasteiger partial charge in [0.15, 0.2) is 11.6 Å². The quantitative estimate of drug-likeness (QED) is 0.403. The number of aryl methyl sites for hydroxylation is 1. The first-order valence-corrected chi connectivity index (χ1v) is 9.15. The van der Waals surface area contributed by atoms with Gasteiger partial charge < -0.3 is 14.5 Å². The first-order valence-electron chi connectivity index (χ1n) is 8.36. The molecule has 3 aromatic rings. The lowest BCUT2D eigenvalue weighted by molar-refractivity contribution is 0.476. The second-order valence-electron chi connectivity index (χ2n) is 6.54. The van der Waals surface area contributed by atoms with E-state index in [4.69, 9.17) is 9.40 Å². The number of rotatable bonds is 4. The summed E-state index contributed by atoms with van der Waals surface area (Å²) in [7, 11) is 0. The van der Waals surface area contributed by atoms with Gasteiger partial charge in [-0.05, 0) is 60.0 Å². The highest BCUT2D eigenvalue weighted by atomic mass is 79.9. The molecule has 5 rings (SSSR count). The zero-order valence-corrected chi connectivity index (χ0v) is 15.6. The zero-order chi connectivity index (χ0) is 17.8. The van der Waals surface area contributed by atoms with Gasteiger partial charge in [-0.1, -0.05) is 28.1 Å². The standard InChI is InChI=1S/C21H15BrN2O2/c1-11-16(8-12-2-4-14(22)5-3-12)24-21(23-11)19-7-6-18(26-19)20-15-9-13(15)10-17(20)25/h2-7,9-10,25H,8H2,1H3,(H,23,24). The Morgan fingerprint density at radius 2 is 1.85 bits per heavy atom. The summed E-state index contributed by atoms with van der Waals surface area (Å²) in [5.74, 6) is 2.30. The molecule has 0 radical (unpaired) electrons. The van der Waals surface area contributed by atoms with Gasteiger partial charge in [-0.3, -0.25) is 0 Å². The number of benzene rings is 2. The van der Waals surface area contributed by atoms with Crippen molar-refractivity contribution in [1.82, 2.24) is 9.97 Å². The molecule has 2 N–H and O–H groups in total. The first-order chi connectivity index (χ1) is 12.6. The van der Waals surface area contributed by atoms with Gasteiger partial charge in [0.2, 0.25) is 0 Å². The fourth-order valence-corrected chi connectivity index (χ4v) is 3.52. The molecular weight excluding hydrogens is 392 g/mol. The summed E-state index contributed by atoms with van der Waals surface area (Å²) in [6, 6.07) is 15.8. The van der Waals surface area contributed by atoms with E-state index in [2.05, 4.69) is 33.0 Å². The number of aromatic hydroxyl groups is 1. The van der Waals surface area contributed by atoms with E-state index in [0.717, 1.165) is 39.0 Å². The molecule has 0 spiro atoms. The van der Waals surface area contributed by atoms with Gasteiger partial charge in [-0.15, -0.1) is 0 Å². The number of phenolic OH excluding ortho intramolecular Hbond substituents is 1. The molecule has 128 valence electrons. The van der Waals surface area contributed by atoms with E-state index < -0.39 is 0 Å². The molecule has 0 fully saturated rings. The van der Waals surface area contributed by atoms with Crippen molar-refractivity contribution in [3.05, 3.63) is 70.0 Å². The van der Waals surface area contributed by atoms with E-state index in [-0.39, 0.29) is 5.75 Å². The summed E-state index contributed by atoms with van der Waals surface area (Å²) < 4.78 is 7.03. The zero-order valence-electron chi connectivity index (χ0n) is 14.0. The second-order valence-corrected chi connectivity index (χ2v) is 7.46. The number of hydrogen-bond donors (Lipinski definition) is 2. The van der Waals surface area contributed by atoms with Crippen molar-refractivity contribution in [3.8, 4) is 39.8 Å². The van der Waals surface area contributed by atoms with Crippen LogP contribution in [0.1, 0.15) is 17.0 Å².